The largest absolute Gasteiger partial charge is 0.392 e. The van der Waals surface area contributed by atoms with Crippen molar-refractivity contribution >= 4 is 8.32 Å². The van der Waals surface area contributed by atoms with Crippen LogP contribution in [-0.4, -0.2) is 71.2 Å². The molecule has 2 aliphatic rings. The molecule has 0 amide bonds. The summed E-state index contributed by atoms with van der Waals surface area (Å²) in [4.78, 5) is 3.14. The Labute approximate surface area is 219 Å². The maximum absolute atomic E-state index is 9.44. The minimum absolute atomic E-state index is 0.0329. The topological polar surface area (TPSA) is 104 Å². The molecule has 2 fully saturated rings. The fourth-order valence-electron chi connectivity index (χ4n) is 4.44. The van der Waals surface area contributed by atoms with Gasteiger partial charge in [0.2, 0.25) is 0 Å². The third-order valence-electron chi connectivity index (χ3n) is 7.74. The van der Waals surface area contributed by atoms with Crippen molar-refractivity contribution in [3.05, 3.63) is 10.4 Å². The molecule has 0 N–H and O–H groups in total. The van der Waals surface area contributed by atoms with Crippen molar-refractivity contribution in [3.8, 4) is 0 Å². The van der Waals surface area contributed by atoms with E-state index in [1.54, 1.807) is 7.11 Å². The van der Waals surface area contributed by atoms with Gasteiger partial charge in [-0.05, 0) is 50.4 Å². The van der Waals surface area contributed by atoms with Gasteiger partial charge >= 0.3 is 0 Å². The van der Waals surface area contributed by atoms with E-state index in [2.05, 4.69) is 50.8 Å². The molecule has 6 atom stereocenters. The summed E-state index contributed by atoms with van der Waals surface area (Å²) >= 11 is 0. The molecular weight excluding hydrogens is 478 g/mol. The van der Waals surface area contributed by atoms with Crippen LogP contribution in [-0.2, 0) is 28.1 Å². The SMILES string of the molecule is CCCCCCC[C@H](CCO[C@@H]1[C@@H](N=[N+]=[N-])[C@H](O[Si](C)(C)C(C)(C)C)O[C@@H]2COC(C)(C)O[C@@H]12)OC. The van der Waals surface area contributed by atoms with E-state index in [1.165, 1.54) is 25.7 Å². The van der Waals surface area contributed by atoms with Crippen molar-refractivity contribution < 1.29 is 28.1 Å². The molecule has 2 heterocycles. The first kappa shape index (κ1) is 31.5. The highest BCUT2D eigenvalue weighted by Gasteiger charge is 2.54. The van der Waals surface area contributed by atoms with Crippen molar-refractivity contribution in [1.29, 1.82) is 0 Å². The van der Waals surface area contributed by atoms with Gasteiger partial charge in [0.05, 0.1) is 18.8 Å². The summed E-state index contributed by atoms with van der Waals surface area (Å²) in [6, 6.07) is -0.672. The second-order valence-corrected chi connectivity index (χ2v) is 16.9. The number of hydrogen-bond donors (Lipinski definition) is 0. The van der Waals surface area contributed by atoms with E-state index in [0.717, 1.165) is 19.3 Å². The Kier molecular flexibility index (Phi) is 12.2. The van der Waals surface area contributed by atoms with Crippen LogP contribution >= 0.6 is 0 Å². The van der Waals surface area contributed by atoms with Crippen LogP contribution in [0.2, 0.25) is 18.1 Å². The fourth-order valence-corrected chi connectivity index (χ4v) is 5.57. The standard InChI is InChI=1S/C26H51N3O6Si/c1-10-11-12-13-14-15-19(30-7)16-17-31-23-21(28-29-27)24(35-36(8,9)25(2,3)4)33-20-18-32-26(5,6)34-22(20)23/h19-24H,10-18H2,1-9H3/t19-,20-,21-,22-,23-,24+/m1/s1. The maximum Gasteiger partial charge on any atom is 0.195 e. The summed E-state index contributed by atoms with van der Waals surface area (Å²) in [5.41, 5.74) is 9.44. The van der Waals surface area contributed by atoms with Crippen LogP contribution in [0, 0.1) is 0 Å². The van der Waals surface area contributed by atoms with Gasteiger partial charge in [-0.1, -0.05) is 64.9 Å². The molecule has 0 saturated carbocycles. The second-order valence-electron chi connectivity index (χ2n) is 12.1. The number of azide groups is 1. The lowest BCUT2D eigenvalue weighted by atomic mass is 9.95. The monoisotopic (exact) mass is 529 g/mol. The van der Waals surface area contributed by atoms with Gasteiger partial charge in [0.25, 0.3) is 0 Å². The minimum Gasteiger partial charge on any atom is -0.392 e. The summed E-state index contributed by atoms with van der Waals surface area (Å²) in [5.74, 6) is -0.784. The number of fused-ring (bicyclic) bond motifs is 1. The third kappa shape index (κ3) is 8.94. The Morgan fingerprint density at radius 2 is 1.83 bits per heavy atom. The van der Waals surface area contributed by atoms with E-state index in [4.69, 9.17) is 28.1 Å². The van der Waals surface area contributed by atoms with Crippen molar-refractivity contribution in [2.24, 2.45) is 5.11 Å². The molecule has 0 unspecified atom stereocenters. The molecule has 0 spiro atoms. The number of methoxy groups -OCH3 is 1. The van der Waals surface area contributed by atoms with Gasteiger partial charge in [-0.2, -0.15) is 0 Å². The highest BCUT2D eigenvalue weighted by molar-refractivity contribution is 6.74. The lowest BCUT2D eigenvalue weighted by Gasteiger charge is -2.52. The molecule has 2 aliphatic heterocycles. The predicted octanol–water partition coefficient (Wildman–Crippen LogP) is 6.71. The van der Waals surface area contributed by atoms with Crippen LogP contribution in [0.5, 0.6) is 0 Å². The molecular formula is C26H51N3O6Si. The van der Waals surface area contributed by atoms with Crippen LogP contribution in [0.4, 0.5) is 0 Å². The Balaban J connectivity index is 2.15. The second kappa shape index (κ2) is 13.9. The first-order valence-electron chi connectivity index (χ1n) is 13.7. The molecule has 0 bridgehead atoms. The molecule has 0 aromatic carbocycles. The first-order chi connectivity index (χ1) is 16.8. The molecule has 10 heteroatoms. The average Bonchev–Trinajstić information content (AvgIpc) is 2.78. The Hall–Kier alpha value is -0.713. The van der Waals surface area contributed by atoms with Gasteiger partial charge in [-0.25, -0.2) is 0 Å². The quantitative estimate of drug-likeness (QED) is 0.0814. The lowest BCUT2D eigenvalue weighted by Crippen LogP contribution is -2.66. The van der Waals surface area contributed by atoms with E-state index in [9.17, 15) is 5.53 Å². The summed E-state index contributed by atoms with van der Waals surface area (Å²) in [5, 5.41) is 4.09. The van der Waals surface area contributed by atoms with Gasteiger partial charge in [-0.15, -0.1) is 0 Å². The van der Waals surface area contributed by atoms with Crippen LogP contribution in [0.3, 0.4) is 0 Å². The Morgan fingerprint density at radius 3 is 2.44 bits per heavy atom. The van der Waals surface area contributed by atoms with E-state index < -0.39 is 38.6 Å². The first-order valence-corrected chi connectivity index (χ1v) is 16.6. The fraction of sp³-hybridized carbons (Fsp3) is 1.00. The molecule has 9 nitrogen and oxygen atoms in total. The number of unbranched alkanes of at least 4 members (excludes halogenated alkanes) is 4. The van der Waals surface area contributed by atoms with Gasteiger partial charge in [0.1, 0.15) is 18.2 Å². The lowest BCUT2D eigenvalue weighted by molar-refractivity contribution is -0.364. The summed E-state index contributed by atoms with van der Waals surface area (Å²) in [7, 11) is -0.462. The van der Waals surface area contributed by atoms with Gasteiger partial charge in [-0.3, -0.25) is 0 Å². The summed E-state index contributed by atoms with van der Waals surface area (Å²) in [6.07, 6.45) is 6.03. The van der Waals surface area contributed by atoms with Crippen molar-refractivity contribution in [2.45, 2.75) is 147 Å². The molecule has 0 radical (unpaired) electrons. The molecule has 36 heavy (non-hydrogen) atoms. The predicted molar refractivity (Wildman–Crippen MR) is 143 cm³/mol. The highest BCUT2D eigenvalue weighted by Crippen LogP contribution is 2.41. The van der Waals surface area contributed by atoms with Gasteiger partial charge in [0, 0.05) is 18.6 Å². The van der Waals surface area contributed by atoms with E-state index in [1.807, 2.05) is 13.8 Å². The molecule has 210 valence electrons. The zero-order valence-electron chi connectivity index (χ0n) is 24.1. The summed E-state index contributed by atoms with van der Waals surface area (Å²) in [6.45, 7) is 17.6. The molecule has 0 aromatic heterocycles. The van der Waals surface area contributed by atoms with Gasteiger partial charge < -0.3 is 28.1 Å². The number of nitrogens with zero attached hydrogens (tertiary/aromatic N) is 3. The van der Waals surface area contributed by atoms with Crippen molar-refractivity contribution in [3.63, 3.8) is 0 Å². The van der Waals surface area contributed by atoms with E-state index in [0.29, 0.717) is 13.2 Å². The molecule has 2 saturated heterocycles. The normalized spacial score (nSPS) is 29.3. The number of ether oxygens (including phenoxy) is 5. The highest BCUT2D eigenvalue weighted by atomic mass is 28.4. The van der Waals surface area contributed by atoms with Crippen LogP contribution in [0.1, 0.15) is 86.5 Å². The minimum atomic E-state index is -2.22. The van der Waals surface area contributed by atoms with Crippen molar-refractivity contribution in [2.75, 3.05) is 20.3 Å². The zero-order valence-corrected chi connectivity index (χ0v) is 25.1. The van der Waals surface area contributed by atoms with E-state index in [-0.39, 0.29) is 17.2 Å². The average molecular weight is 530 g/mol. The maximum atomic E-state index is 9.44. The van der Waals surface area contributed by atoms with Crippen molar-refractivity contribution in [1.82, 2.24) is 0 Å². The Bertz CT molecular complexity index is 710. The molecule has 2 rings (SSSR count). The smallest absolute Gasteiger partial charge is 0.195 e. The van der Waals surface area contributed by atoms with Gasteiger partial charge in [0.15, 0.2) is 20.4 Å². The zero-order chi connectivity index (χ0) is 27.0. The third-order valence-corrected chi connectivity index (χ3v) is 12.2. The molecule has 0 aliphatic carbocycles. The van der Waals surface area contributed by atoms with Crippen LogP contribution in [0.15, 0.2) is 5.11 Å². The molecule has 0 aromatic rings. The Morgan fingerprint density at radius 1 is 1.14 bits per heavy atom. The van der Waals surface area contributed by atoms with E-state index >= 15 is 0 Å². The van der Waals surface area contributed by atoms with Crippen LogP contribution < -0.4 is 0 Å². The number of rotatable bonds is 14. The summed E-state index contributed by atoms with van der Waals surface area (Å²) < 4.78 is 37.3. The van der Waals surface area contributed by atoms with Crippen LogP contribution in [0.25, 0.3) is 10.4 Å². The number of hydrogen-bond acceptors (Lipinski definition) is 7.